The highest BCUT2D eigenvalue weighted by molar-refractivity contribution is 5.27. The standard InChI is InChI=1S/C16H20N2O/c1-11-4-3-5-13(6-11)14-8-15(9-14)17-10-16-7-12(2)18-19-16/h3-7,14-15,17H,8-10H2,1-2H3. The lowest BCUT2D eigenvalue weighted by molar-refractivity contribution is 0.274. The maximum Gasteiger partial charge on any atom is 0.150 e. The van der Waals surface area contributed by atoms with Crippen molar-refractivity contribution in [2.24, 2.45) is 0 Å². The van der Waals surface area contributed by atoms with Crippen LogP contribution in [-0.2, 0) is 6.54 Å². The zero-order valence-corrected chi connectivity index (χ0v) is 11.5. The normalized spacial score (nSPS) is 22.2. The van der Waals surface area contributed by atoms with Crippen molar-refractivity contribution in [1.82, 2.24) is 10.5 Å². The summed E-state index contributed by atoms with van der Waals surface area (Å²) in [5, 5.41) is 7.42. The first kappa shape index (κ1) is 12.4. The van der Waals surface area contributed by atoms with Gasteiger partial charge in [-0.15, -0.1) is 0 Å². The van der Waals surface area contributed by atoms with Crippen LogP contribution in [0.25, 0.3) is 0 Å². The minimum Gasteiger partial charge on any atom is -0.360 e. The highest BCUT2D eigenvalue weighted by atomic mass is 16.5. The van der Waals surface area contributed by atoms with E-state index < -0.39 is 0 Å². The second-order valence-electron chi connectivity index (χ2n) is 5.59. The lowest BCUT2D eigenvalue weighted by Gasteiger charge is -2.36. The summed E-state index contributed by atoms with van der Waals surface area (Å²) in [5.74, 6) is 1.64. The highest BCUT2D eigenvalue weighted by Gasteiger charge is 2.29. The number of aryl methyl sites for hydroxylation is 2. The van der Waals surface area contributed by atoms with Gasteiger partial charge in [0, 0.05) is 12.1 Å². The van der Waals surface area contributed by atoms with E-state index in [1.807, 2.05) is 13.0 Å². The molecule has 1 saturated carbocycles. The number of hydrogen-bond donors (Lipinski definition) is 1. The van der Waals surface area contributed by atoms with E-state index in [0.29, 0.717) is 12.0 Å². The summed E-state index contributed by atoms with van der Waals surface area (Å²) >= 11 is 0. The number of hydrogen-bond acceptors (Lipinski definition) is 3. The third-order valence-corrected chi connectivity index (χ3v) is 3.89. The van der Waals surface area contributed by atoms with E-state index >= 15 is 0 Å². The van der Waals surface area contributed by atoms with Crippen LogP contribution in [0.1, 0.15) is 41.3 Å². The van der Waals surface area contributed by atoms with Crippen LogP contribution in [0.3, 0.4) is 0 Å². The fourth-order valence-electron chi connectivity index (χ4n) is 2.73. The largest absolute Gasteiger partial charge is 0.360 e. The van der Waals surface area contributed by atoms with Crippen molar-refractivity contribution in [3.63, 3.8) is 0 Å². The molecule has 1 aromatic heterocycles. The van der Waals surface area contributed by atoms with Crippen molar-refractivity contribution in [3.05, 3.63) is 52.9 Å². The summed E-state index contributed by atoms with van der Waals surface area (Å²) in [6, 6.07) is 11.5. The summed E-state index contributed by atoms with van der Waals surface area (Å²) in [6.07, 6.45) is 2.44. The van der Waals surface area contributed by atoms with Gasteiger partial charge in [0.2, 0.25) is 0 Å². The van der Waals surface area contributed by atoms with Gasteiger partial charge >= 0.3 is 0 Å². The third-order valence-electron chi connectivity index (χ3n) is 3.89. The number of aromatic nitrogens is 1. The summed E-state index contributed by atoms with van der Waals surface area (Å²) in [5.41, 5.74) is 3.78. The third kappa shape index (κ3) is 2.87. The lowest BCUT2D eigenvalue weighted by Crippen LogP contribution is -2.39. The van der Waals surface area contributed by atoms with Crippen LogP contribution in [-0.4, -0.2) is 11.2 Å². The summed E-state index contributed by atoms with van der Waals surface area (Å²) in [6.45, 7) is 4.89. The molecule has 0 unspecified atom stereocenters. The first-order valence-corrected chi connectivity index (χ1v) is 6.93. The fourth-order valence-corrected chi connectivity index (χ4v) is 2.73. The molecule has 3 nitrogen and oxygen atoms in total. The van der Waals surface area contributed by atoms with Crippen LogP contribution in [0.2, 0.25) is 0 Å². The second kappa shape index (κ2) is 5.17. The number of nitrogens with one attached hydrogen (secondary N) is 1. The zero-order valence-electron chi connectivity index (χ0n) is 11.5. The molecule has 19 heavy (non-hydrogen) atoms. The molecule has 1 fully saturated rings. The first-order chi connectivity index (χ1) is 9.20. The van der Waals surface area contributed by atoms with E-state index in [1.54, 1.807) is 0 Å². The molecule has 0 aliphatic heterocycles. The molecule has 1 N–H and O–H groups in total. The van der Waals surface area contributed by atoms with Crippen molar-refractivity contribution >= 4 is 0 Å². The molecular weight excluding hydrogens is 236 g/mol. The fraction of sp³-hybridized carbons (Fsp3) is 0.438. The Hall–Kier alpha value is -1.61. The quantitative estimate of drug-likeness (QED) is 0.911. The van der Waals surface area contributed by atoms with Crippen molar-refractivity contribution in [1.29, 1.82) is 0 Å². The van der Waals surface area contributed by atoms with Gasteiger partial charge in [-0.2, -0.15) is 0 Å². The predicted molar refractivity (Wildman–Crippen MR) is 75.0 cm³/mol. The minimum atomic E-state index is 0.607. The summed E-state index contributed by atoms with van der Waals surface area (Å²) < 4.78 is 5.20. The maximum absolute atomic E-state index is 5.20. The van der Waals surface area contributed by atoms with Crippen LogP contribution >= 0.6 is 0 Å². The Bertz CT molecular complexity index is 555. The Morgan fingerprint density at radius 1 is 1.26 bits per heavy atom. The molecule has 0 spiro atoms. The van der Waals surface area contributed by atoms with E-state index in [0.717, 1.165) is 18.0 Å². The van der Waals surface area contributed by atoms with Gasteiger partial charge in [0.1, 0.15) is 0 Å². The average Bonchev–Trinajstić information content (AvgIpc) is 2.73. The van der Waals surface area contributed by atoms with Gasteiger partial charge in [0.25, 0.3) is 0 Å². The maximum atomic E-state index is 5.20. The van der Waals surface area contributed by atoms with Crippen molar-refractivity contribution in [2.45, 2.75) is 45.2 Å². The predicted octanol–water partition coefficient (Wildman–Crippen LogP) is 3.33. The second-order valence-corrected chi connectivity index (χ2v) is 5.59. The monoisotopic (exact) mass is 256 g/mol. The van der Waals surface area contributed by atoms with E-state index in [9.17, 15) is 0 Å². The van der Waals surface area contributed by atoms with E-state index in [4.69, 9.17) is 4.52 Å². The van der Waals surface area contributed by atoms with Crippen LogP contribution < -0.4 is 5.32 Å². The van der Waals surface area contributed by atoms with Crippen LogP contribution in [0, 0.1) is 13.8 Å². The number of rotatable bonds is 4. The zero-order chi connectivity index (χ0) is 13.2. The summed E-state index contributed by atoms with van der Waals surface area (Å²) in [7, 11) is 0. The molecule has 0 atom stereocenters. The van der Waals surface area contributed by atoms with E-state index in [-0.39, 0.29) is 0 Å². The molecule has 1 aliphatic carbocycles. The van der Waals surface area contributed by atoms with Gasteiger partial charge in [-0.05, 0) is 38.2 Å². The number of benzene rings is 1. The molecular formula is C16H20N2O. The molecule has 1 aliphatic rings. The molecule has 0 amide bonds. The highest BCUT2D eigenvalue weighted by Crippen LogP contribution is 2.37. The molecule has 0 bridgehead atoms. The van der Waals surface area contributed by atoms with Gasteiger partial charge < -0.3 is 9.84 Å². The van der Waals surface area contributed by atoms with Gasteiger partial charge in [0.15, 0.2) is 5.76 Å². The van der Waals surface area contributed by atoms with E-state index in [2.05, 4.69) is 41.7 Å². The molecule has 3 heteroatoms. The smallest absolute Gasteiger partial charge is 0.150 e. The Kier molecular flexibility index (Phi) is 3.38. The van der Waals surface area contributed by atoms with E-state index in [1.165, 1.54) is 24.0 Å². The lowest BCUT2D eigenvalue weighted by atomic mass is 9.75. The molecule has 1 heterocycles. The van der Waals surface area contributed by atoms with Gasteiger partial charge in [-0.25, -0.2) is 0 Å². The average molecular weight is 256 g/mol. The first-order valence-electron chi connectivity index (χ1n) is 6.93. The Balaban J connectivity index is 1.48. The van der Waals surface area contributed by atoms with Crippen molar-refractivity contribution in [2.75, 3.05) is 0 Å². The van der Waals surface area contributed by atoms with Crippen LogP contribution in [0.5, 0.6) is 0 Å². The number of nitrogens with zero attached hydrogens (tertiary/aromatic N) is 1. The molecule has 100 valence electrons. The molecule has 0 saturated heterocycles. The SMILES string of the molecule is Cc1cccc(C2CC(NCc3cc(C)no3)C2)c1. The van der Waals surface area contributed by atoms with Crippen LogP contribution in [0.4, 0.5) is 0 Å². The Morgan fingerprint density at radius 3 is 2.79 bits per heavy atom. The van der Waals surface area contributed by atoms with Crippen molar-refractivity contribution < 1.29 is 4.52 Å². The summed E-state index contributed by atoms with van der Waals surface area (Å²) in [4.78, 5) is 0. The molecule has 3 rings (SSSR count). The molecule has 2 aromatic rings. The topological polar surface area (TPSA) is 38.1 Å². The van der Waals surface area contributed by atoms with Crippen molar-refractivity contribution in [3.8, 4) is 0 Å². The molecule has 1 aromatic carbocycles. The van der Waals surface area contributed by atoms with Crippen LogP contribution in [0.15, 0.2) is 34.9 Å². The van der Waals surface area contributed by atoms with Gasteiger partial charge in [0.05, 0.1) is 12.2 Å². The minimum absolute atomic E-state index is 0.607. The molecule has 0 radical (unpaired) electrons. The Morgan fingerprint density at radius 2 is 2.11 bits per heavy atom. The Labute approximate surface area is 114 Å². The van der Waals surface area contributed by atoms with Gasteiger partial charge in [-0.3, -0.25) is 0 Å². The van der Waals surface area contributed by atoms with Gasteiger partial charge in [-0.1, -0.05) is 35.0 Å².